The van der Waals surface area contributed by atoms with E-state index in [1.54, 1.807) is 4.57 Å². The van der Waals surface area contributed by atoms with Crippen molar-refractivity contribution in [1.82, 2.24) is 14.1 Å². The second-order valence-electron chi connectivity index (χ2n) is 15.7. The predicted molar refractivity (Wildman–Crippen MR) is 223 cm³/mol. The van der Waals surface area contributed by atoms with Gasteiger partial charge in [0.25, 0.3) is 6.33 Å². The number of nitrogens with zero attached hydrogens (tertiary/aromatic N) is 4. The van der Waals surface area contributed by atoms with E-state index >= 15 is 0 Å². The zero-order valence-corrected chi connectivity index (χ0v) is 34.4. The molecule has 5 heterocycles. The molecule has 1 aliphatic rings. The summed E-state index contributed by atoms with van der Waals surface area (Å²) in [6.45, 7) is 11.1. The van der Waals surface area contributed by atoms with E-state index in [4.69, 9.17) is 21.0 Å². The fourth-order valence-electron chi connectivity index (χ4n) is 8.30. The normalized spacial score (nSPS) is 14.7. The van der Waals surface area contributed by atoms with E-state index in [0.29, 0.717) is 17.0 Å². The van der Waals surface area contributed by atoms with Gasteiger partial charge in [-0.1, -0.05) is 104 Å². The number of para-hydroxylation sites is 3. The maximum absolute atomic E-state index is 8.78. The molecular weight excluding hydrogens is 888 g/mol. The van der Waals surface area contributed by atoms with Crippen LogP contribution in [0.1, 0.15) is 33.2 Å². The molecule has 0 aliphatic carbocycles. The zero-order valence-electron chi connectivity index (χ0n) is 36.2. The SMILES string of the molecule is [2H]c1c([2H])c([2H])c(-[n+]2[c-]n3c4c(cccc42)[Si](C)(C)c2ccc(Oc4[c-]c5c(cc4)c4c6oc7ccccc7c6ccc4n5-c4cc(C(C)(C)C)ccn4)[c-]c2-3)c([2H])c1[2H].[Pt]. The molecule has 1 aliphatic heterocycles. The van der Waals surface area contributed by atoms with Crippen LogP contribution in [0.15, 0.2) is 132 Å². The number of ether oxygens (including phenoxy) is 1. The van der Waals surface area contributed by atoms with Crippen molar-refractivity contribution in [3.63, 3.8) is 0 Å². The molecule has 0 radical (unpaired) electrons. The van der Waals surface area contributed by atoms with E-state index in [0.717, 1.165) is 76.7 Å². The second kappa shape index (κ2) is 12.4. The first kappa shape index (κ1) is 29.5. The Hall–Kier alpha value is -5.75. The van der Waals surface area contributed by atoms with E-state index in [1.165, 1.54) is 0 Å². The molecule has 0 unspecified atom stereocenters. The minimum Gasteiger partial charge on any atom is -0.510 e. The fourth-order valence-corrected chi connectivity index (χ4v) is 11.2. The summed E-state index contributed by atoms with van der Waals surface area (Å²) in [5.74, 6) is 1.71. The Kier molecular flexibility index (Phi) is 6.52. The van der Waals surface area contributed by atoms with Gasteiger partial charge in [0.05, 0.1) is 23.6 Å². The van der Waals surface area contributed by atoms with Gasteiger partial charge in [-0.05, 0) is 64.5 Å². The van der Waals surface area contributed by atoms with Crippen LogP contribution in [0.2, 0.25) is 13.1 Å². The number of fused-ring (bicyclic) bond motifs is 9. The Labute approximate surface area is 346 Å². The van der Waals surface area contributed by atoms with E-state index < -0.39 is 26.2 Å². The summed E-state index contributed by atoms with van der Waals surface area (Å²) in [4.78, 5) is 4.89. The van der Waals surface area contributed by atoms with Crippen LogP contribution in [0.5, 0.6) is 11.5 Å². The first-order valence-electron chi connectivity index (χ1n) is 20.8. The van der Waals surface area contributed by atoms with E-state index in [1.807, 2.05) is 53.2 Å². The molecule has 10 aromatic rings. The molecular formula is C48H36N4O2PtSi-2. The molecule has 0 atom stereocenters. The monoisotopic (exact) mass is 928 g/mol. The number of pyridine rings is 1. The van der Waals surface area contributed by atoms with Gasteiger partial charge in [0.15, 0.2) is 0 Å². The quantitative estimate of drug-likeness (QED) is 0.100. The molecule has 6 aromatic carbocycles. The van der Waals surface area contributed by atoms with Crippen molar-refractivity contribution < 1.29 is 41.6 Å². The largest absolute Gasteiger partial charge is 0.510 e. The number of rotatable bonds is 4. The van der Waals surface area contributed by atoms with Crippen LogP contribution >= 0.6 is 0 Å². The van der Waals surface area contributed by atoms with Crippen LogP contribution in [-0.4, -0.2) is 22.2 Å². The Balaban J connectivity index is 0.00000445. The van der Waals surface area contributed by atoms with Crippen LogP contribution in [0.3, 0.4) is 0 Å². The third kappa shape index (κ3) is 5.04. The standard InChI is InChI=1S/C48H36N4O2Si.Pt/c1-48(2,3)30-24-25-49-44(26-30)52-37-22-21-35-34-14-9-10-16-41(34)54-47(35)45(37)36-20-18-32(27-39(36)52)53-33-19-23-42-40(28-33)51-29-50(31-12-7-6-8-13-31)38-15-11-17-43(46(38)51)55(42,4)5;/h6-26H,1-5H3;/q-2;/i6D,7D,8D,12D,13D;. The third-order valence-electron chi connectivity index (χ3n) is 11.1. The fraction of sp³-hybridized carbons (Fsp3) is 0.125. The van der Waals surface area contributed by atoms with Crippen molar-refractivity contribution in [1.29, 1.82) is 0 Å². The number of furan rings is 1. The van der Waals surface area contributed by atoms with Crippen molar-refractivity contribution in [2.24, 2.45) is 0 Å². The van der Waals surface area contributed by atoms with Gasteiger partial charge in [0.2, 0.25) is 0 Å². The molecule has 276 valence electrons. The smallest absolute Gasteiger partial charge is 0.268 e. The van der Waals surface area contributed by atoms with Crippen LogP contribution in [0, 0.1) is 18.5 Å². The molecule has 6 nitrogen and oxygen atoms in total. The van der Waals surface area contributed by atoms with Crippen LogP contribution in [0.4, 0.5) is 0 Å². The maximum Gasteiger partial charge on any atom is 0.268 e. The molecule has 4 aromatic heterocycles. The first-order valence-corrected chi connectivity index (χ1v) is 21.3. The minimum atomic E-state index is -2.34. The van der Waals surface area contributed by atoms with E-state index in [2.05, 4.69) is 105 Å². The molecule has 56 heavy (non-hydrogen) atoms. The summed E-state index contributed by atoms with van der Waals surface area (Å²) >= 11 is 0. The van der Waals surface area contributed by atoms with Crippen molar-refractivity contribution in [3.05, 3.63) is 151 Å². The van der Waals surface area contributed by atoms with E-state index in [9.17, 15) is 0 Å². The molecule has 11 rings (SSSR count). The molecule has 0 N–H and O–H groups in total. The number of aromatic nitrogens is 4. The van der Waals surface area contributed by atoms with Gasteiger partial charge < -0.3 is 18.3 Å². The average Bonchev–Trinajstić information content (AvgIpc) is 3.91. The number of imidazole rings is 1. The van der Waals surface area contributed by atoms with Crippen molar-refractivity contribution in [2.45, 2.75) is 39.3 Å². The summed E-state index contributed by atoms with van der Waals surface area (Å²) in [6.07, 6.45) is 5.22. The minimum absolute atomic E-state index is 0. The molecule has 0 saturated carbocycles. The van der Waals surface area contributed by atoms with Gasteiger partial charge in [0, 0.05) is 63.1 Å². The van der Waals surface area contributed by atoms with Gasteiger partial charge in [-0.2, -0.15) is 12.1 Å². The van der Waals surface area contributed by atoms with Gasteiger partial charge in [-0.15, -0.1) is 29.5 Å². The van der Waals surface area contributed by atoms with Gasteiger partial charge in [-0.3, -0.25) is 4.57 Å². The molecule has 0 saturated heterocycles. The zero-order chi connectivity index (χ0) is 41.6. The maximum atomic E-state index is 8.78. The first-order chi connectivity index (χ1) is 28.7. The van der Waals surface area contributed by atoms with Crippen LogP contribution in [0.25, 0.3) is 72.0 Å². The average molecular weight is 929 g/mol. The topological polar surface area (TPSA) is 49.0 Å². The van der Waals surface area contributed by atoms with Gasteiger partial charge in [0.1, 0.15) is 17.0 Å². The number of hydrogen-bond donors (Lipinski definition) is 0. The molecule has 0 spiro atoms. The Bertz CT molecular complexity index is 3480. The molecule has 0 bridgehead atoms. The number of hydrogen-bond acceptors (Lipinski definition) is 3. The third-order valence-corrected chi connectivity index (χ3v) is 14.6. The summed E-state index contributed by atoms with van der Waals surface area (Å²) < 4.78 is 61.3. The van der Waals surface area contributed by atoms with Crippen molar-refractivity contribution >= 4 is 73.2 Å². The van der Waals surface area contributed by atoms with Crippen molar-refractivity contribution in [3.8, 4) is 28.7 Å². The van der Waals surface area contributed by atoms with Gasteiger partial charge in [-0.25, -0.2) is 4.98 Å². The second-order valence-corrected chi connectivity index (χ2v) is 20.1. The number of benzene rings is 6. The predicted octanol–water partition coefficient (Wildman–Crippen LogP) is 9.92. The van der Waals surface area contributed by atoms with E-state index in [-0.39, 0.29) is 44.3 Å². The Morgan fingerprint density at radius 1 is 0.821 bits per heavy atom. The van der Waals surface area contributed by atoms with Crippen LogP contribution < -0.4 is 19.7 Å². The van der Waals surface area contributed by atoms with Crippen molar-refractivity contribution in [2.75, 3.05) is 0 Å². The molecule has 8 heteroatoms. The Morgan fingerprint density at radius 2 is 1.61 bits per heavy atom. The summed E-state index contributed by atoms with van der Waals surface area (Å²) in [5.41, 5.74) is 6.73. The van der Waals surface area contributed by atoms with Gasteiger partial charge >= 0.3 is 0 Å². The summed E-state index contributed by atoms with van der Waals surface area (Å²) in [7, 11) is -2.34. The summed E-state index contributed by atoms with van der Waals surface area (Å²) in [6, 6.07) is 35.8. The Morgan fingerprint density at radius 3 is 2.45 bits per heavy atom. The molecule has 0 fully saturated rings. The summed E-state index contributed by atoms with van der Waals surface area (Å²) in [5, 5.41) is 6.26. The molecule has 0 amide bonds. The van der Waals surface area contributed by atoms with Crippen LogP contribution in [-0.2, 0) is 26.5 Å².